The number of anilines is 2. The first kappa shape index (κ1) is 12.9. The minimum Gasteiger partial charge on any atom is -0.479 e. The summed E-state index contributed by atoms with van der Waals surface area (Å²) in [6.07, 6.45) is 5.44. The molecule has 0 saturated carbocycles. The van der Waals surface area contributed by atoms with E-state index in [4.69, 9.17) is 10.5 Å². The van der Waals surface area contributed by atoms with Crippen LogP contribution < -0.4 is 15.8 Å². The molecule has 1 saturated heterocycles. The van der Waals surface area contributed by atoms with Gasteiger partial charge in [-0.05, 0) is 25.9 Å². The minimum atomic E-state index is 0.422. The van der Waals surface area contributed by atoms with Crippen LogP contribution in [0.25, 0.3) is 0 Å². The number of hydrogen-bond acceptors (Lipinski definition) is 6. The smallest absolute Gasteiger partial charge is 0.242 e. The van der Waals surface area contributed by atoms with Gasteiger partial charge in [-0.2, -0.15) is 4.98 Å². The minimum absolute atomic E-state index is 0.422. The number of likely N-dealkylation sites (tertiary alicyclic amines) is 1. The normalized spacial score (nSPS) is 16.5. The number of rotatable bonds is 5. The Morgan fingerprint density at radius 1 is 1.33 bits per heavy atom. The van der Waals surface area contributed by atoms with Gasteiger partial charge in [0.25, 0.3) is 0 Å². The van der Waals surface area contributed by atoms with Crippen LogP contribution in [0.1, 0.15) is 19.3 Å². The zero-order valence-corrected chi connectivity index (χ0v) is 10.9. The summed E-state index contributed by atoms with van der Waals surface area (Å²) >= 11 is 0. The lowest BCUT2D eigenvalue weighted by Gasteiger charge is -2.26. The van der Waals surface area contributed by atoms with Crippen LogP contribution in [0.5, 0.6) is 5.88 Å². The van der Waals surface area contributed by atoms with Gasteiger partial charge in [0.15, 0.2) is 5.82 Å². The molecular weight excluding hydrogens is 230 g/mol. The summed E-state index contributed by atoms with van der Waals surface area (Å²) in [5.74, 6) is 1.07. The van der Waals surface area contributed by atoms with Crippen LogP contribution in [0.2, 0.25) is 0 Å². The second-order valence-electron chi connectivity index (χ2n) is 4.47. The largest absolute Gasteiger partial charge is 0.479 e. The number of piperidine rings is 1. The number of nitrogens with zero attached hydrogens (tertiary/aromatic N) is 3. The van der Waals surface area contributed by atoms with Gasteiger partial charge in [0.2, 0.25) is 5.88 Å². The number of nitrogen functional groups attached to an aromatic ring is 1. The second-order valence-corrected chi connectivity index (χ2v) is 4.47. The van der Waals surface area contributed by atoms with Gasteiger partial charge in [0.05, 0.1) is 7.11 Å². The number of hydrogen-bond donors (Lipinski definition) is 2. The van der Waals surface area contributed by atoms with Crippen molar-refractivity contribution in [3.63, 3.8) is 0 Å². The lowest BCUT2D eigenvalue weighted by Crippen LogP contribution is -2.33. The summed E-state index contributed by atoms with van der Waals surface area (Å²) in [4.78, 5) is 10.5. The molecule has 1 fully saturated rings. The van der Waals surface area contributed by atoms with Gasteiger partial charge in [-0.1, -0.05) is 6.42 Å². The van der Waals surface area contributed by atoms with Crippen molar-refractivity contribution in [2.24, 2.45) is 0 Å². The monoisotopic (exact) mass is 251 g/mol. The first-order chi connectivity index (χ1) is 8.81. The highest BCUT2D eigenvalue weighted by Crippen LogP contribution is 2.23. The Balaban J connectivity index is 1.82. The molecule has 1 aromatic heterocycles. The van der Waals surface area contributed by atoms with E-state index in [1.54, 1.807) is 7.11 Å². The van der Waals surface area contributed by atoms with Crippen LogP contribution in [0.3, 0.4) is 0 Å². The molecular formula is C12H21N5O. The Labute approximate surface area is 108 Å². The Bertz CT molecular complexity index is 379. The van der Waals surface area contributed by atoms with Crippen molar-refractivity contribution in [2.45, 2.75) is 19.3 Å². The third-order valence-electron chi connectivity index (χ3n) is 3.21. The quantitative estimate of drug-likeness (QED) is 0.812. The van der Waals surface area contributed by atoms with Gasteiger partial charge in [0.1, 0.15) is 12.0 Å². The van der Waals surface area contributed by atoms with E-state index in [-0.39, 0.29) is 0 Å². The van der Waals surface area contributed by atoms with Crippen LogP contribution in [-0.4, -0.2) is 48.2 Å². The lowest BCUT2D eigenvalue weighted by molar-refractivity contribution is 0.237. The van der Waals surface area contributed by atoms with Crippen molar-refractivity contribution in [1.29, 1.82) is 0 Å². The summed E-state index contributed by atoms with van der Waals surface area (Å²) in [5, 5.41) is 3.24. The van der Waals surface area contributed by atoms with Crippen LogP contribution in [0, 0.1) is 0 Å². The number of methoxy groups -OCH3 is 1. The van der Waals surface area contributed by atoms with E-state index in [1.807, 2.05) is 0 Å². The first-order valence-corrected chi connectivity index (χ1v) is 6.42. The molecule has 3 N–H and O–H groups in total. The fourth-order valence-electron chi connectivity index (χ4n) is 2.20. The zero-order chi connectivity index (χ0) is 12.8. The van der Waals surface area contributed by atoms with Crippen LogP contribution in [0.4, 0.5) is 11.5 Å². The number of aromatic nitrogens is 2. The molecule has 2 heterocycles. The third-order valence-corrected chi connectivity index (χ3v) is 3.21. The van der Waals surface area contributed by atoms with Crippen molar-refractivity contribution in [2.75, 3.05) is 44.3 Å². The first-order valence-electron chi connectivity index (χ1n) is 6.42. The molecule has 0 atom stereocenters. The van der Waals surface area contributed by atoms with Crippen LogP contribution in [-0.2, 0) is 0 Å². The van der Waals surface area contributed by atoms with Gasteiger partial charge >= 0.3 is 0 Å². The fourth-order valence-corrected chi connectivity index (χ4v) is 2.20. The Hall–Kier alpha value is -1.56. The summed E-state index contributed by atoms with van der Waals surface area (Å²) in [6, 6.07) is 0. The number of nitrogens with two attached hydrogens (primary N) is 1. The topological polar surface area (TPSA) is 76.3 Å². The van der Waals surface area contributed by atoms with Crippen LogP contribution >= 0.6 is 0 Å². The molecule has 0 aliphatic carbocycles. The molecule has 0 spiro atoms. The molecule has 2 rings (SSSR count). The Morgan fingerprint density at radius 2 is 2.11 bits per heavy atom. The van der Waals surface area contributed by atoms with Gasteiger partial charge < -0.3 is 20.7 Å². The Kier molecular flexibility index (Phi) is 4.58. The van der Waals surface area contributed by atoms with E-state index in [0.717, 1.165) is 13.1 Å². The van der Waals surface area contributed by atoms with Crippen molar-refractivity contribution in [3.8, 4) is 5.88 Å². The van der Waals surface area contributed by atoms with Gasteiger partial charge in [-0.25, -0.2) is 4.98 Å². The molecule has 0 bridgehead atoms. The van der Waals surface area contributed by atoms with E-state index in [2.05, 4.69) is 20.2 Å². The van der Waals surface area contributed by atoms with Crippen molar-refractivity contribution < 1.29 is 4.74 Å². The van der Waals surface area contributed by atoms with E-state index in [1.165, 1.54) is 38.7 Å². The SMILES string of the molecule is COc1ncnc(NCCN2CCCCC2)c1N. The molecule has 18 heavy (non-hydrogen) atoms. The standard InChI is InChI=1S/C12H21N5O/c1-18-12-10(13)11(15-9-16-12)14-5-8-17-6-3-2-4-7-17/h9H,2-8,13H2,1H3,(H,14,15,16). The van der Waals surface area contributed by atoms with Crippen LogP contribution in [0.15, 0.2) is 6.33 Å². The summed E-state index contributed by atoms with van der Waals surface area (Å²) in [5.41, 5.74) is 6.36. The maximum atomic E-state index is 5.89. The average Bonchev–Trinajstić information content (AvgIpc) is 2.42. The van der Waals surface area contributed by atoms with E-state index >= 15 is 0 Å². The predicted molar refractivity (Wildman–Crippen MR) is 71.8 cm³/mol. The highest BCUT2D eigenvalue weighted by Gasteiger charge is 2.11. The van der Waals surface area contributed by atoms with E-state index in [0.29, 0.717) is 17.4 Å². The predicted octanol–water partition coefficient (Wildman–Crippen LogP) is 0.965. The molecule has 6 heteroatoms. The maximum absolute atomic E-state index is 5.89. The number of ether oxygens (including phenoxy) is 1. The second kappa shape index (κ2) is 6.39. The van der Waals surface area contributed by atoms with E-state index in [9.17, 15) is 0 Å². The molecule has 0 unspecified atom stereocenters. The van der Waals surface area contributed by atoms with Crippen molar-refractivity contribution in [3.05, 3.63) is 6.33 Å². The third kappa shape index (κ3) is 3.22. The van der Waals surface area contributed by atoms with Gasteiger partial charge in [-0.3, -0.25) is 0 Å². The molecule has 1 aromatic rings. The Morgan fingerprint density at radius 3 is 2.83 bits per heavy atom. The fraction of sp³-hybridized carbons (Fsp3) is 0.667. The summed E-state index contributed by atoms with van der Waals surface area (Å²) < 4.78 is 5.06. The average molecular weight is 251 g/mol. The van der Waals surface area contributed by atoms with Crippen molar-refractivity contribution >= 4 is 11.5 Å². The highest BCUT2D eigenvalue weighted by molar-refractivity contribution is 5.66. The molecule has 100 valence electrons. The summed E-state index contributed by atoms with van der Waals surface area (Å²) in [6.45, 7) is 4.25. The molecule has 1 aliphatic rings. The molecule has 6 nitrogen and oxygen atoms in total. The molecule has 0 amide bonds. The molecule has 0 aromatic carbocycles. The van der Waals surface area contributed by atoms with Gasteiger partial charge in [-0.15, -0.1) is 0 Å². The molecule has 0 radical (unpaired) electrons. The zero-order valence-electron chi connectivity index (χ0n) is 10.9. The molecule has 1 aliphatic heterocycles. The van der Waals surface area contributed by atoms with Crippen molar-refractivity contribution in [1.82, 2.24) is 14.9 Å². The number of nitrogens with one attached hydrogen (secondary N) is 1. The highest BCUT2D eigenvalue weighted by atomic mass is 16.5. The lowest BCUT2D eigenvalue weighted by atomic mass is 10.1. The van der Waals surface area contributed by atoms with Gasteiger partial charge in [0, 0.05) is 13.1 Å². The summed E-state index contributed by atoms with van der Waals surface area (Å²) in [7, 11) is 1.55. The maximum Gasteiger partial charge on any atom is 0.242 e. The van der Waals surface area contributed by atoms with E-state index < -0.39 is 0 Å².